The third-order valence-corrected chi connectivity index (χ3v) is 6.97. The number of hydrogen-bond acceptors (Lipinski definition) is 9. The number of carboxylic acids is 1. The molecule has 0 bridgehead atoms. The van der Waals surface area contributed by atoms with E-state index in [0.29, 0.717) is 17.7 Å². The Morgan fingerprint density at radius 1 is 1.24 bits per heavy atom. The number of aliphatic carboxylic acids is 1. The van der Waals surface area contributed by atoms with Gasteiger partial charge in [-0.1, -0.05) is 13.8 Å². The number of imidazole rings is 1. The molecule has 2 rings (SSSR count). The molecule has 0 amide bonds. The number of nitrogens with zero attached hydrogens (tertiary/aromatic N) is 4. The van der Waals surface area contributed by atoms with Crippen LogP contribution in [0.5, 0.6) is 0 Å². The Kier molecular flexibility index (Phi) is 9.12. The van der Waals surface area contributed by atoms with E-state index in [1.165, 1.54) is 27.1 Å². The van der Waals surface area contributed by atoms with E-state index in [1.807, 2.05) is 13.8 Å². The number of nitrogen functional groups attached to an aromatic ring is 1. The number of carbonyl (C=O) groups excluding carboxylic acids is 1. The molecule has 0 saturated carbocycles. The second-order valence-electron chi connectivity index (χ2n) is 9.09. The maximum Gasteiger partial charge on any atom is 0.323 e. The van der Waals surface area contributed by atoms with E-state index in [4.69, 9.17) is 15.2 Å². The first-order chi connectivity index (χ1) is 15.7. The van der Waals surface area contributed by atoms with Gasteiger partial charge in [0.05, 0.1) is 25.6 Å². The number of aromatic nitrogens is 4. The summed E-state index contributed by atoms with van der Waals surface area (Å²) in [6.07, 6.45) is 2.03. The minimum Gasteiger partial charge on any atom is -0.480 e. The molecule has 5 N–H and O–H groups in total. The number of anilines is 1. The van der Waals surface area contributed by atoms with E-state index in [0.717, 1.165) is 0 Å². The Hall–Kier alpha value is -2.60. The van der Waals surface area contributed by atoms with Crippen LogP contribution in [-0.2, 0) is 30.2 Å². The van der Waals surface area contributed by atoms with Gasteiger partial charge in [-0.25, -0.2) is 25.1 Å². The average molecular weight is 500 g/mol. The minimum absolute atomic E-state index is 0.135. The molecular weight excluding hydrogens is 465 g/mol. The number of nitrogens with one attached hydrogen (secondary N) is 2. The Bertz CT molecular complexity index is 1060. The van der Waals surface area contributed by atoms with Gasteiger partial charge < -0.3 is 24.9 Å². The highest BCUT2D eigenvalue weighted by molar-refractivity contribution is 7.59. The van der Waals surface area contributed by atoms with E-state index in [2.05, 4.69) is 25.1 Å². The summed E-state index contributed by atoms with van der Waals surface area (Å²) in [6.45, 7) is 10.3. The van der Waals surface area contributed by atoms with Crippen LogP contribution in [0.25, 0.3) is 11.2 Å². The van der Waals surface area contributed by atoms with Crippen LogP contribution in [0.4, 0.5) is 5.82 Å². The molecule has 2 aromatic heterocycles. The second-order valence-corrected chi connectivity index (χ2v) is 11.3. The largest absolute Gasteiger partial charge is 0.480 e. The van der Waals surface area contributed by atoms with Gasteiger partial charge in [0.1, 0.15) is 29.8 Å². The molecule has 34 heavy (non-hydrogen) atoms. The molecule has 13 nitrogen and oxygen atoms in total. The van der Waals surface area contributed by atoms with Gasteiger partial charge in [-0.3, -0.25) is 14.2 Å². The van der Waals surface area contributed by atoms with Crippen LogP contribution >= 0.6 is 7.44 Å². The maximum atomic E-state index is 13.7. The van der Waals surface area contributed by atoms with Crippen molar-refractivity contribution in [3.05, 3.63) is 12.7 Å². The lowest BCUT2D eigenvalue weighted by atomic mass is 10.1. The van der Waals surface area contributed by atoms with Gasteiger partial charge in [-0.2, -0.15) is 0 Å². The summed E-state index contributed by atoms with van der Waals surface area (Å²) in [5.41, 5.74) is 5.24. The van der Waals surface area contributed by atoms with Gasteiger partial charge >= 0.3 is 11.9 Å². The van der Waals surface area contributed by atoms with Gasteiger partial charge in [0, 0.05) is 0 Å². The average Bonchev–Trinajstić information content (AvgIpc) is 3.14. The van der Waals surface area contributed by atoms with Crippen LogP contribution < -0.4 is 15.9 Å². The van der Waals surface area contributed by atoms with Crippen molar-refractivity contribution in [2.75, 3.05) is 18.7 Å². The summed E-state index contributed by atoms with van der Waals surface area (Å²) in [6, 6.07) is -0.960. The van der Waals surface area contributed by atoms with Crippen molar-refractivity contribution in [1.82, 2.24) is 29.7 Å². The first kappa shape index (κ1) is 27.6. The fourth-order valence-corrected chi connectivity index (χ4v) is 5.33. The molecule has 2 heterocycles. The lowest BCUT2D eigenvalue weighted by molar-refractivity contribution is -0.146. The lowest BCUT2D eigenvalue weighted by Gasteiger charge is -2.31. The number of nitrogens with two attached hydrogens (primary N) is 1. The Balaban J connectivity index is 2.12. The number of fused-ring (bicyclic) bond motifs is 1. The molecular formula is C20H34N7O6P. The van der Waals surface area contributed by atoms with Crippen molar-refractivity contribution in [1.29, 1.82) is 0 Å². The molecule has 0 aromatic carbocycles. The molecule has 0 aliphatic heterocycles. The zero-order chi connectivity index (χ0) is 25.7. The molecule has 2 aromatic rings. The highest BCUT2D eigenvalue weighted by atomic mass is 31.2. The quantitative estimate of drug-likeness (QED) is 0.231. The topological polar surface area (TPSA) is 184 Å². The highest BCUT2D eigenvalue weighted by Crippen LogP contribution is 2.40. The third kappa shape index (κ3) is 7.45. The van der Waals surface area contributed by atoms with Crippen LogP contribution in [0.2, 0.25) is 0 Å². The van der Waals surface area contributed by atoms with Gasteiger partial charge in [0.15, 0.2) is 11.5 Å². The standard InChI is InChI=1S/C20H34N7O6P/c1-12(2)8-32-18(28)14(4)25-34(31,26-20(5,6)19(29)30)11-33-13(3)7-27-10-24-15-16(21)22-9-23-17(15)27/h9-10,12-14H,7-8,11H2,1-6H3,(H,29,30)(H2,21,22,23)(H2,25,26,31)/t13-,14-,34-/m1/s1. The predicted octanol–water partition coefficient (Wildman–Crippen LogP) is 1.59. The van der Waals surface area contributed by atoms with E-state index < -0.39 is 37.1 Å². The maximum absolute atomic E-state index is 13.7. The number of carboxylic acid groups (broad SMARTS) is 1. The number of esters is 1. The Morgan fingerprint density at radius 2 is 1.91 bits per heavy atom. The Morgan fingerprint density at radius 3 is 2.53 bits per heavy atom. The monoisotopic (exact) mass is 499 g/mol. The summed E-state index contributed by atoms with van der Waals surface area (Å²) in [7, 11) is -3.73. The molecule has 3 atom stereocenters. The summed E-state index contributed by atoms with van der Waals surface area (Å²) in [5, 5.41) is 14.8. The molecule has 0 saturated heterocycles. The fourth-order valence-electron chi connectivity index (χ4n) is 2.93. The molecule has 0 fully saturated rings. The van der Waals surface area contributed by atoms with Crippen molar-refractivity contribution in [2.45, 2.75) is 65.8 Å². The van der Waals surface area contributed by atoms with Crippen molar-refractivity contribution in [2.24, 2.45) is 5.92 Å². The van der Waals surface area contributed by atoms with Crippen LogP contribution in [-0.4, -0.2) is 67.2 Å². The predicted molar refractivity (Wildman–Crippen MR) is 126 cm³/mol. The van der Waals surface area contributed by atoms with Crippen molar-refractivity contribution in [3.63, 3.8) is 0 Å². The lowest BCUT2D eigenvalue weighted by Crippen LogP contribution is -2.49. The van der Waals surface area contributed by atoms with Crippen LogP contribution in [0.15, 0.2) is 12.7 Å². The van der Waals surface area contributed by atoms with Crippen LogP contribution in [0.3, 0.4) is 0 Å². The SMILES string of the molecule is CC(C)COC(=O)[C@@H](C)N[P@](=O)(CO[C@H](C)Cn1cnc2c(N)ncnc21)NC(C)(C)C(=O)O. The van der Waals surface area contributed by atoms with E-state index >= 15 is 0 Å². The second kappa shape index (κ2) is 11.2. The number of ether oxygens (including phenoxy) is 2. The summed E-state index contributed by atoms with van der Waals surface area (Å²) < 4.78 is 26.4. The molecule has 0 unspecified atom stereocenters. The zero-order valence-corrected chi connectivity index (χ0v) is 21.2. The van der Waals surface area contributed by atoms with Crippen molar-refractivity contribution >= 4 is 36.4 Å². The first-order valence-corrected chi connectivity index (χ1v) is 12.7. The molecule has 0 spiro atoms. The molecule has 0 radical (unpaired) electrons. The molecule has 14 heteroatoms. The van der Waals surface area contributed by atoms with E-state index in [9.17, 15) is 19.3 Å². The Labute approximate surface area is 198 Å². The number of hydrogen-bond donors (Lipinski definition) is 4. The number of carbonyl (C=O) groups is 2. The first-order valence-electron chi connectivity index (χ1n) is 10.8. The smallest absolute Gasteiger partial charge is 0.323 e. The van der Waals surface area contributed by atoms with Gasteiger partial charge in [-0.15, -0.1) is 0 Å². The van der Waals surface area contributed by atoms with Crippen LogP contribution in [0, 0.1) is 5.92 Å². The highest BCUT2D eigenvalue weighted by Gasteiger charge is 2.38. The van der Waals surface area contributed by atoms with Gasteiger partial charge in [0.25, 0.3) is 0 Å². The van der Waals surface area contributed by atoms with Gasteiger partial charge in [0.2, 0.25) is 7.44 Å². The minimum atomic E-state index is -3.73. The van der Waals surface area contributed by atoms with Crippen molar-refractivity contribution < 1.29 is 28.7 Å². The third-order valence-electron chi connectivity index (χ3n) is 4.73. The summed E-state index contributed by atoms with van der Waals surface area (Å²) in [5.74, 6) is -1.42. The van der Waals surface area contributed by atoms with Gasteiger partial charge in [-0.05, 0) is 33.6 Å². The van der Waals surface area contributed by atoms with Crippen molar-refractivity contribution in [3.8, 4) is 0 Å². The molecule has 0 aliphatic carbocycles. The van der Waals surface area contributed by atoms with E-state index in [-0.39, 0.29) is 24.7 Å². The zero-order valence-electron chi connectivity index (χ0n) is 20.3. The molecule has 190 valence electrons. The molecule has 0 aliphatic rings. The normalized spacial score (nSPS) is 15.7. The van der Waals surface area contributed by atoms with E-state index in [1.54, 1.807) is 17.8 Å². The van der Waals surface area contributed by atoms with Crippen LogP contribution in [0.1, 0.15) is 41.5 Å². The fraction of sp³-hybridized carbons (Fsp3) is 0.650. The number of rotatable bonds is 13. The summed E-state index contributed by atoms with van der Waals surface area (Å²) >= 11 is 0. The summed E-state index contributed by atoms with van der Waals surface area (Å²) in [4.78, 5) is 36.2.